The van der Waals surface area contributed by atoms with Crippen molar-refractivity contribution >= 4 is 69.9 Å². The Hall–Kier alpha value is -0.500. The summed E-state index contributed by atoms with van der Waals surface area (Å²) < 4.78 is 68.1. The topological polar surface area (TPSA) is 167 Å². The second kappa shape index (κ2) is 12.1. The Balaban J connectivity index is -0.000000411. The zero-order valence-corrected chi connectivity index (χ0v) is 19.8. The molecule has 0 spiro atoms. The zero-order chi connectivity index (χ0) is 21.4. The Labute approximate surface area is 189 Å². The molecule has 0 aromatic heterocycles. The zero-order valence-electron chi connectivity index (χ0n) is 15.9. The van der Waals surface area contributed by atoms with Crippen LogP contribution in [-0.4, -0.2) is 85.1 Å². The van der Waals surface area contributed by atoms with E-state index < -0.39 is 41.7 Å². The molecule has 0 radical (unpaired) electrons. The largest absolute Gasteiger partial charge is 2.00 e. The van der Waals surface area contributed by atoms with Crippen LogP contribution in [0.4, 0.5) is 0 Å². The summed E-state index contributed by atoms with van der Waals surface area (Å²) in [5.41, 5.74) is 0. The van der Waals surface area contributed by atoms with Gasteiger partial charge >= 0.3 is 49.7 Å². The summed E-state index contributed by atoms with van der Waals surface area (Å²) in [6, 6.07) is 0. The molecule has 10 nitrogen and oxygen atoms in total. The minimum Gasteiger partial charge on any atom is -0.747 e. The van der Waals surface area contributed by atoms with Crippen LogP contribution in [0.25, 0.3) is 0 Å². The van der Waals surface area contributed by atoms with Crippen LogP contribution in [0.1, 0.15) is 41.5 Å². The van der Waals surface area contributed by atoms with Gasteiger partial charge in [0.25, 0.3) is 0 Å². The average Bonchev–Trinajstić information content (AvgIpc) is 2.48. The first-order chi connectivity index (χ1) is 11.5. The SMILES string of the molecule is C/C=C/OC(=O)C(C)(C)S(=O)(=O)[O-].C/C=C/OC(=O)C(C)(C)S(=O)(=O)[O-].[Ca+2]. The molecule has 0 amide bonds. The van der Waals surface area contributed by atoms with Crippen molar-refractivity contribution in [3.05, 3.63) is 24.7 Å². The molecule has 0 aliphatic carbocycles. The maximum atomic E-state index is 11.0. The normalized spacial score (nSPS) is 12.7. The van der Waals surface area contributed by atoms with Crippen LogP contribution < -0.4 is 0 Å². The first-order valence-electron chi connectivity index (χ1n) is 7.02. The van der Waals surface area contributed by atoms with E-state index in [-0.39, 0.29) is 37.7 Å². The number of carbonyl (C=O) groups is 2. The molecule has 0 atom stereocenters. The van der Waals surface area contributed by atoms with E-state index in [1.54, 1.807) is 13.8 Å². The molecule has 0 N–H and O–H groups in total. The van der Waals surface area contributed by atoms with Crippen LogP contribution in [-0.2, 0) is 39.3 Å². The van der Waals surface area contributed by atoms with Gasteiger partial charge in [-0.15, -0.1) is 0 Å². The van der Waals surface area contributed by atoms with Crippen molar-refractivity contribution in [1.82, 2.24) is 0 Å². The Morgan fingerprint density at radius 3 is 1.11 bits per heavy atom. The predicted molar refractivity (Wildman–Crippen MR) is 95.1 cm³/mol. The van der Waals surface area contributed by atoms with E-state index in [2.05, 4.69) is 9.47 Å². The van der Waals surface area contributed by atoms with Gasteiger partial charge in [-0.1, -0.05) is 12.2 Å². The van der Waals surface area contributed by atoms with Gasteiger partial charge in [0.15, 0.2) is 9.49 Å². The quantitative estimate of drug-likeness (QED) is 0.237. The van der Waals surface area contributed by atoms with Gasteiger partial charge in [0.1, 0.15) is 20.2 Å². The molecule has 0 heterocycles. The Kier molecular flexibility index (Phi) is 14.0. The van der Waals surface area contributed by atoms with E-state index in [0.717, 1.165) is 40.2 Å². The van der Waals surface area contributed by atoms with Crippen LogP contribution >= 0.6 is 0 Å². The van der Waals surface area contributed by atoms with Gasteiger partial charge < -0.3 is 18.6 Å². The van der Waals surface area contributed by atoms with Gasteiger partial charge in [-0.3, -0.25) is 9.59 Å². The third kappa shape index (κ3) is 10.0. The first kappa shape index (κ1) is 31.2. The smallest absolute Gasteiger partial charge is 0.747 e. The molecule has 0 aromatic carbocycles. The van der Waals surface area contributed by atoms with E-state index >= 15 is 0 Å². The molecule has 27 heavy (non-hydrogen) atoms. The van der Waals surface area contributed by atoms with Crippen molar-refractivity contribution in [2.75, 3.05) is 0 Å². The molecule has 0 unspecified atom stereocenters. The predicted octanol–water partition coefficient (Wildman–Crippen LogP) is 0.393. The van der Waals surface area contributed by atoms with E-state index in [0.29, 0.717) is 0 Å². The van der Waals surface area contributed by atoms with Crippen LogP contribution in [0.15, 0.2) is 24.7 Å². The van der Waals surface area contributed by atoms with Gasteiger partial charge in [0, 0.05) is 0 Å². The maximum Gasteiger partial charge on any atom is 2.00 e. The average molecular weight is 455 g/mol. The van der Waals surface area contributed by atoms with Gasteiger partial charge in [0.05, 0.1) is 12.5 Å². The summed E-state index contributed by atoms with van der Waals surface area (Å²) in [6.07, 6.45) is 4.86. The van der Waals surface area contributed by atoms with Gasteiger partial charge in [-0.05, 0) is 41.5 Å². The number of ether oxygens (including phenoxy) is 2. The fourth-order valence-electron chi connectivity index (χ4n) is 0.748. The Morgan fingerprint density at radius 2 is 0.963 bits per heavy atom. The van der Waals surface area contributed by atoms with Gasteiger partial charge in [-0.25, -0.2) is 16.8 Å². The molecule has 0 rings (SSSR count). The maximum absolute atomic E-state index is 11.0. The number of esters is 2. The molecule has 0 fully saturated rings. The van der Waals surface area contributed by atoms with Crippen LogP contribution in [0, 0.1) is 0 Å². The summed E-state index contributed by atoms with van der Waals surface area (Å²) in [5, 5.41) is 0. The fourth-order valence-corrected chi connectivity index (χ4v) is 1.25. The Bertz CT molecular complexity index is 696. The third-order valence-electron chi connectivity index (χ3n) is 2.86. The fraction of sp³-hybridized carbons (Fsp3) is 0.571. The van der Waals surface area contributed by atoms with Crippen molar-refractivity contribution < 1.29 is 45.0 Å². The number of carbonyl (C=O) groups excluding carboxylic acids is 2. The second-order valence-corrected chi connectivity index (χ2v) is 9.54. The monoisotopic (exact) mass is 454 g/mol. The number of hydrogen-bond acceptors (Lipinski definition) is 10. The first-order valence-corrected chi connectivity index (χ1v) is 9.83. The minimum absolute atomic E-state index is 0. The van der Waals surface area contributed by atoms with Crippen LogP contribution in [0.5, 0.6) is 0 Å². The summed E-state index contributed by atoms with van der Waals surface area (Å²) in [7, 11) is -9.38. The number of rotatable bonds is 6. The molecule has 0 saturated heterocycles. The molecule has 0 bridgehead atoms. The van der Waals surface area contributed by atoms with Crippen molar-refractivity contribution in [2.45, 2.75) is 51.0 Å². The molecular weight excluding hydrogens is 432 g/mol. The van der Waals surface area contributed by atoms with Crippen molar-refractivity contribution in [3.8, 4) is 0 Å². The molecule has 0 aliphatic heterocycles. The third-order valence-corrected chi connectivity index (χ3v) is 5.69. The number of hydrogen-bond donors (Lipinski definition) is 0. The van der Waals surface area contributed by atoms with E-state index in [1.807, 2.05) is 0 Å². The summed E-state index contributed by atoms with van der Waals surface area (Å²) >= 11 is 0. The molecule has 0 aromatic rings. The molecule has 152 valence electrons. The van der Waals surface area contributed by atoms with Crippen molar-refractivity contribution in [1.29, 1.82) is 0 Å². The molecule has 0 aliphatic rings. The van der Waals surface area contributed by atoms with E-state index in [9.17, 15) is 35.5 Å². The molecular formula is C14H22CaO10S2. The standard InChI is InChI=1S/2C7H12O5S.Ca/c2*1-4-5-12-6(8)7(2,3)13(9,10)11;/h2*4-5H,1-3H3,(H,9,10,11);/q;;+2/p-2/b2*5-4+;. The van der Waals surface area contributed by atoms with E-state index in [4.69, 9.17) is 0 Å². The van der Waals surface area contributed by atoms with Crippen molar-refractivity contribution in [3.63, 3.8) is 0 Å². The van der Waals surface area contributed by atoms with Crippen molar-refractivity contribution in [2.24, 2.45) is 0 Å². The molecule has 13 heteroatoms. The number of allylic oxidation sites excluding steroid dienone is 2. The van der Waals surface area contributed by atoms with Gasteiger partial charge in [-0.2, -0.15) is 0 Å². The summed E-state index contributed by atoms with van der Waals surface area (Å²) in [6.45, 7) is 7.18. The minimum atomic E-state index is -4.69. The van der Waals surface area contributed by atoms with Crippen LogP contribution in [0.3, 0.4) is 0 Å². The van der Waals surface area contributed by atoms with E-state index in [1.165, 1.54) is 12.2 Å². The van der Waals surface area contributed by atoms with Crippen LogP contribution in [0.2, 0.25) is 0 Å². The second-order valence-electron chi connectivity index (χ2n) is 5.68. The van der Waals surface area contributed by atoms with Gasteiger partial charge in [0.2, 0.25) is 0 Å². The molecule has 0 saturated carbocycles. The Morgan fingerprint density at radius 1 is 0.741 bits per heavy atom. The summed E-state index contributed by atoms with van der Waals surface area (Å²) in [5.74, 6) is -2.17. The summed E-state index contributed by atoms with van der Waals surface area (Å²) in [4.78, 5) is 22.0.